The summed E-state index contributed by atoms with van der Waals surface area (Å²) in [7, 11) is 0. The molecule has 0 saturated heterocycles. The van der Waals surface area contributed by atoms with Crippen molar-refractivity contribution in [3.05, 3.63) is 94.8 Å². The number of hydrogen-bond acceptors (Lipinski definition) is 4. The molecule has 3 aromatic rings. The zero-order chi connectivity index (χ0) is 23.1. The second-order valence-electron chi connectivity index (χ2n) is 7.32. The van der Waals surface area contributed by atoms with E-state index in [1.54, 1.807) is 55.5 Å². The van der Waals surface area contributed by atoms with Crippen LogP contribution in [-0.4, -0.2) is 17.5 Å². The lowest BCUT2D eigenvalue weighted by molar-refractivity contribution is -0.136. The van der Waals surface area contributed by atoms with Gasteiger partial charge in [0.15, 0.2) is 0 Å². The summed E-state index contributed by atoms with van der Waals surface area (Å²) in [5, 5.41) is 6.57. The molecule has 2 amide bonds. The number of carbonyl (C=O) groups is 2. The molecule has 164 valence electrons. The van der Waals surface area contributed by atoms with E-state index >= 15 is 0 Å². The van der Waals surface area contributed by atoms with E-state index in [4.69, 9.17) is 4.74 Å². The topological polar surface area (TPSA) is 79.8 Å². The summed E-state index contributed by atoms with van der Waals surface area (Å²) in [4.78, 5) is 24.2. The van der Waals surface area contributed by atoms with Crippen molar-refractivity contribution < 1.29 is 18.7 Å². The zero-order valence-electron chi connectivity index (χ0n) is 18.1. The molecule has 3 rings (SSSR count). The molecule has 0 spiro atoms. The fourth-order valence-corrected chi connectivity index (χ4v) is 2.95. The first-order valence-electron chi connectivity index (χ1n) is 10.0. The molecule has 0 unspecified atom stereocenters. The summed E-state index contributed by atoms with van der Waals surface area (Å²) < 4.78 is 19.3. The van der Waals surface area contributed by atoms with Gasteiger partial charge in [-0.2, -0.15) is 5.10 Å². The Morgan fingerprint density at radius 3 is 2.38 bits per heavy atom. The first-order chi connectivity index (χ1) is 15.3. The van der Waals surface area contributed by atoms with Crippen LogP contribution in [0.4, 0.5) is 10.1 Å². The molecular weight excluding hydrogens is 409 g/mol. The van der Waals surface area contributed by atoms with Gasteiger partial charge in [0.2, 0.25) is 0 Å². The second kappa shape index (κ2) is 10.3. The van der Waals surface area contributed by atoms with E-state index in [-0.39, 0.29) is 12.4 Å². The van der Waals surface area contributed by atoms with Gasteiger partial charge >= 0.3 is 11.8 Å². The third-order valence-electron chi connectivity index (χ3n) is 4.79. The van der Waals surface area contributed by atoms with Gasteiger partial charge in [-0.1, -0.05) is 35.9 Å². The predicted octanol–water partition coefficient (Wildman–Crippen LogP) is 4.50. The van der Waals surface area contributed by atoms with E-state index in [2.05, 4.69) is 15.8 Å². The number of anilines is 1. The van der Waals surface area contributed by atoms with Crippen molar-refractivity contribution in [3.63, 3.8) is 0 Å². The fraction of sp³-hybridized carbons (Fsp3) is 0.160. The molecule has 7 heteroatoms. The van der Waals surface area contributed by atoms with E-state index in [0.717, 1.165) is 16.7 Å². The lowest BCUT2D eigenvalue weighted by Crippen LogP contribution is -2.33. The van der Waals surface area contributed by atoms with Gasteiger partial charge in [0, 0.05) is 11.3 Å². The van der Waals surface area contributed by atoms with Gasteiger partial charge in [-0.05, 0) is 68.3 Å². The van der Waals surface area contributed by atoms with Gasteiger partial charge in [-0.3, -0.25) is 9.59 Å². The third-order valence-corrected chi connectivity index (χ3v) is 4.79. The second-order valence-corrected chi connectivity index (χ2v) is 7.32. The van der Waals surface area contributed by atoms with Crippen molar-refractivity contribution >= 4 is 23.2 Å². The van der Waals surface area contributed by atoms with Crippen LogP contribution in [0.25, 0.3) is 0 Å². The van der Waals surface area contributed by atoms with E-state index in [1.165, 1.54) is 6.07 Å². The molecule has 0 aromatic heterocycles. The summed E-state index contributed by atoms with van der Waals surface area (Å²) in [5.74, 6) is -1.41. The van der Waals surface area contributed by atoms with E-state index in [1.807, 2.05) is 26.0 Å². The Morgan fingerprint density at radius 2 is 1.69 bits per heavy atom. The molecule has 0 radical (unpaired) electrons. The minimum absolute atomic E-state index is 0.116. The maximum atomic E-state index is 13.7. The Hall–Kier alpha value is -4.00. The highest BCUT2D eigenvalue weighted by molar-refractivity contribution is 6.39. The smallest absolute Gasteiger partial charge is 0.329 e. The maximum absolute atomic E-state index is 13.7. The number of benzene rings is 3. The average Bonchev–Trinajstić information content (AvgIpc) is 2.78. The highest BCUT2D eigenvalue weighted by Gasteiger charge is 2.14. The number of hydrogen-bond donors (Lipinski definition) is 2. The van der Waals surface area contributed by atoms with Crippen LogP contribution in [0.15, 0.2) is 71.8 Å². The zero-order valence-corrected chi connectivity index (χ0v) is 18.1. The minimum Gasteiger partial charge on any atom is -0.489 e. The standard InChI is InChI=1S/C25H24FN3O3/c1-16-8-13-23(17(2)14-16)27-24(30)25(31)29-28-18(3)19-9-11-21(12-10-19)32-15-20-6-4-5-7-22(20)26/h4-14H,15H2,1-3H3,(H,27,30)(H,29,31). The molecule has 2 N–H and O–H groups in total. The van der Waals surface area contributed by atoms with Crippen LogP contribution in [0.2, 0.25) is 0 Å². The first kappa shape index (κ1) is 22.7. The Bertz CT molecular complexity index is 1160. The van der Waals surface area contributed by atoms with Crippen LogP contribution >= 0.6 is 0 Å². The summed E-state index contributed by atoms with van der Waals surface area (Å²) in [6.07, 6.45) is 0. The van der Waals surface area contributed by atoms with Crippen molar-refractivity contribution in [1.29, 1.82) is 0 Å². The summed E-state index contributed by atoms with van der Waals surface area (Å²) in [6, 6.07) is 18.9. The van der Waals surface area contributed by atoms with Crippen molar-refractivity contribution in [2.75, 3.05) is 5.32 Å². The monoisotopic (exact) mass is 433 g/mol. The molecule has 0 atom stereocenters. The van der Waals surface area contributed by atoms with Crippen LogP contribution < -0.4 is 15.5 Å². The number of carbonyl (C=O) groups excluding carboxylic acids is 2. The van der Waals surface area contributed by atoms with Gasteiger partial charge in [-0.15, -0.1) is 0 Å². The number of rotatable bonds is 6. The molecule has 0 aliphatic carbocycles. The number of nitrogens with one attached hydrogen (secondary N) is 2. The summed E-state index contributed by atoms with van der Waals surface area (Å²) >= 11 is 0. The van der Waals surface area contributed by atoms with Gasteiger partial charge in [-0.25, -0.2) is 9.82 Å². The molecule has 32 heavy (non-hydrogen) atoms. The Morgan fingerprint density at radius 1 is 0.969 bits per heavy atom. The molecule has 0 bridgehead atoms. The van der Waals surface area contributed by atoms with Crippen molar-refractivity contribution in [1.82, 2.24) is 5.43 Å². The summed E-state index contributed by atoms with van der Waals surface area (Å²) in [5.41, 5.74) is 6.48. The van der Waals surface area contributed by atoms with Gasteiger partial charge < -0.3 is 10.1 Å². The normalized spacial score (nSPS) is 11.1. The Balaban J connectivity index is 1.55. The lowest BCUT2D eigenvalue weighted by atomic mass is 10.1. The van der Waals surface area contributed by atoms with E-state index in [0.29, 0.717) is 22.7 Å². The molecule has 3 aromatic carbocycles. The Kier molecular flexibility index (Phi) is 7.33. The molecule has 6 nitrogen and oxygen atoms in total. The molecular formula is C25H24FN3O3. The molecule has 0 saturated carbocycles. The number of hydrazone groups is 1. The van der Waals surface area contributed by atoms with Crippen molar-refractivity contribution in [2.45, 2.75) is 27.4 Å². The average molecular weight is 433 g/mol. The highest BCUT2D eigenvalue weighted by atomic mass is 19.1. The van der Waals surface area contributed by atoms with Crippen LogP contribution in [-0.2, 0) is 16.2 Å². The minimum atomic E-state index is -0.867. The molecule has 0 aliphatic heterocycles. The lowest BCUT2D eigenvalue weighted by Gasteiger charge is -2.09. The predicted molar refractivity (Wildman–Crippen MR) is 122 cm³/mol. The number of aryl methyl sites for hydroxylation is 2. The molecule has 0 heterocycles. The van der Waals surface area contributed by atoms with Crippen LogP contribution in [0, 0.1) is 19.7 Å². The van der Waals surface area contributed by atoms with Gasteiger partial charge in [0.1, 0.15) is 18.2 Å². The number of amides is 2. The first-order valence-corrected chi connectivity index (χ1v) is 10.0. The van der Waals surface area contributed by atoms with E-state index in [9.17, 15) is 14.0 Å². The fourth-order valence-electron chi connectivity index (χ4n) is 2.95. The molecule has 0 aliphatic rings. The van der Waals surface area contributed by atoms with Crippen LogP contribution in [0.1, 0.15) is 29.2 Å². The summed E-state index contributed by atoms with van der Waals surface area (Å²) in [6.45, 7) is 5.62. The maximum Gasteiger partial charge on any atom is 0.329 e. The Labute approximate surface area is 186 Å². The highest BCUT2D eigenvalue weighted by Crippen LogP contribution is 2.17. The van der Waals surface area contributed by atoms with Gasteiger partial charge in [0.05, 0.1) is 5.71 Å². The number of halogens is 1. The number of ether oxygens (including phenoxy) is 1. The largest absolute Gasteiger partial charge is 0.489 e. The van der Waals surface area contributed by atoms with Crippen molar-refractivity contribution in [2.24, 2.45) is 5.10 Å². The van der Waals surface area contributed by atoms with Crippen molar-refractivity contribution in [3.8, 4) is 5.75 Å². The van der Waals surface area contributed by atoms with Crippen LogP contribution in [0.3, 0.4) is 0 Å². The quantitative estimate of drug-likeness (QED) is 0.341. The van der Waals surface area contributed by atoms with Crippen LogP contribution in [0.5, 0.6) is 5.75 Å². The third kappa shape index (κ3) is 6.01. The van der Waals surface area contributed by atoms with E-state index < -0.39 is 11.8 Å². The number of nitrogens with zero attached hydrogens (tertiary/aromatic N) is 1. The molecule has 0 fully saturated rings. The van der Waals surface area contributed by atoms with Gasteiger partial charge in [0.25, 0.3) is 0 Å². The SMILES string of the molecule is CC(=NNC(=O)C(=O)Nc1ccc(C)cc1C)c1ccc(OCc2ccccc2F)cc1.